The number of hydrogen-bond donors (Lipinski definition) is 3. The third-order valence-corrected chi connectivity index (χ3v) is 1.98. The van der Waals surface area contributed by atoms with Crippen LogP contribution in [0.3, 0.4) is 0 Å². The molecule has 0 spiro atoms. The average Bonchev–Trinajstić information content (AvgIpc) is 2.04. The second-order valence-electron chi connectivity index (χ2n) is 3.80. The van der Waals surface area contributed by atoms with Gasteiger partial charge in [0.15, 0.2) is 0 Å². The van der Waals surface area contributed by atoms with E-state index in [-0.39, 0.29) is 11.4 Å². The second kappa shape index (κ2) is 5.94. The van der Waals surface area contributed by atoms with Crippen LogP contribution in [0.15, 0.2) is 0 Å². The number of nitrogens with one attached hydrogen (secondary N) is 2. The van der Waals surface area contributed by atoms with Gasteiger partial charge in [0.25, 0.3) is 0 Å². The largest absolute Gasteiger partial charge is 0.356 e. The highest BCUT2D eigenvalue weighted by atomic mass is 16.1. The maximum absolute atomic E-state index is 11.3. The van der Waals surface area contributed by atoms with Crippen molar-refractivity contribution in [3.8, 4) is 0 Å². The van der Waals surface area contributed by atoms with Crippen molar-refractivity contribution in [2.24, 2.45) is 5.73 Å². The molecule has 0 heterocycles. The summed E-state index contributed by atoms with van der Waals surface area (Å²) in [6, 6.07) is 0. The van der Waals surface area contributed by atoms with Crippen LogP contribution in [0.25, 0.3) is 0 Å². The molecule has 0 rings (SSSR count). The number of rotatable bonds is 6. The first-order valence-electron chi connectivity index (χ1n) is 4.67. The Labute approximate surface area is 80.3 Å². The van der Waals surface area contributed by atoms with Crippen LogP contribution in [0.2, 0.25) is 0 Å². The summed E-state index contributed by atoms with van der Waals surface area (Å²) in [4.78, 5) is 11.3. The lowest BCUT2D eigenvalue weighted by molar-refractivity contribution is -0.122. The van der Waals surface area contributed by atoms with E-state index in [9.17, 15) is 4.79 Å². The minimum absolute atomic E-state index is 0.0767. The van der Waals surface area contributed by atoms with E-state index < -0.39 is 0 Å². The molecule has 4 nitrogen and oxygen atoms in total. The lowest BCUT2D eigenvalue weighted by atomic mass is 10.0. The van der Waals surface area contributed by atoms with Gasteiger partial charge >= 0.3 is 0 Å². The van der Waals surface area contributed by atoms with Gasteiger partial charge in [0.1, 0.15) is 0 Å². The quantitative estimate of drug-likeness (QED) is 0.506. The smallest absolute Gasteiger partial charge is 0.221 e. The average molecular weight is 187 g/mol. The SMILES string of the molecule is CNC(C)(C)CC(=O)NCCCN. The molecule has 13 heavy (non-hydrogen) atoms. The van der Waals surface area contributed by atoms with E-state index in [1.54, 1.807) is 0 Å². The Bertz CT molecular complexity index is 157. The lowest BCUT2D eigenvalue weighted by Gasteiger charge is -2.22. The fraction of sp³-hybridized carbons (Fsp3) is 0.889. The first-order chi connectivity index (χ1) is 6.02. The Hall–Kier alpha value is -0.610. The fourth-order valence-electron chi connectivity index (χ4n) is 0.882. The molecule has 0 saturated carbocycles. The fourth-order valence-corrected chi connectivity index (χ4v) is 0.882. The van der Waals surface area contributed by atoms with Gasteiger partial charge < -0.3 is 16.4 Å². The van der Waals surface area contributed by atoms with Crippen LogP contribution >= 0.6 is 0 Å². The standard InChI is InChI=1S/C9H21N3O/c1-9(2,11-3)7-8(13)12-6-4-5-10/h11H,4-7,10H2,1-3H3,(H,12,13). The van der Waals surface area contributed by atoms with Crippen molar-refractivity contribution in [1.29, 1.82) is 0 Å². The summed E-state index contributed by atoms with van der Waals surface area (Å²) in [6.07, 6.45) is 1.33. The van der Waals surface area contributed by atoms with E-state index in [1.165, 1.54) is 0 Å². The molecule has 0 saturated heterocycles. The van der Waals surface area contributed by atoms with Crippen molar-refractivity contribution in [3.63, 3.8) is 0 Å². The van der Waals surface area contributed by atoms with E-state index >= 15 is 0 Å². The zero-order valence-corrected chi connectivity index (χ0v) is 8.81. The molecule has 0 bridgehead atoms. The van der Waals surface area contributed by atoms with Gasteiger partial charge in [-0.25, -0.2) is 0 Å². The summed E-state index contributed by atoms with van der Waals surface area (Å²) in [5, 5.41) is 5.89. The van der Waals surface area contributed by atoms with Crippen LogP contribution in [-0.2, 0) is 4.79 Å². The molecule has 0 aliphatic rings. The van der Waals surface area contributed by atoms with Crippen molar-refractivity contribution >= 4 is 5.91 Å². The molecule has 0 aromatic rings. The first kappa shape index (κ1) is 12.4. The molecular formula is C9H21N3O. The Balaban J connectivity index is 3.62. The van der Waals surface area contributed by atoms with E-state index in [4.69, 9.17) is 5.73 Å². The monoisotopic (exact) mass is 187 g/mol. The molecule has 0 radical (unpaired) electrons. The lowest BCUT2D eigenvalue weighted by Crippen LogP contribution is -2.42. The number of nitrogens with two attached hydrogens (primary N) is 1. The molecule has 0 atom stereocenters. The highest BCUT2D eigenvalue weighted by Gasteiger charge is 2.18. The van der Waals surface area contributed by atoms with Gasteiger partial charge in [0, 0.05) is 18.5 Å². The zero-order valence-electron chi connectivity index (χ0n) is 8.81. The second-order valence-corrected chi connectivity index (χ2v) is 3.80. The molecule has 1 amide bonds. The third-order valence-electron chi connectivity index (χ3n) is 1.98. The summed E-state index contributed by atoms with van der Waals surface area (Å²) < 4.78 is 0. The van der Waals surface area contributed by atoms with Gasteiger partial charge in [-0.1, -0.05) is 0 Å². The molecule has 4 N–H and O–H groups in total. The summed E-state index contributed by atoms with van der Waals surface area (Å²) in [5.41, 5.74) is 5.17. The predicted octanol–water partition coefficient (Wildman–Crippen LogP) is -0.160. The summed E-state index contributed by atoms with van der Waals surface area (Å²) in [6.45, 7) is 5.29. The van der Waals surface area contributed by atoms with Gasteiger partial charge in [0.05, 0.1) is 0 Å². The zero-order chi connectivity index (χ0) is 10.3. The number of carbonyl (C=O) groups is 1. The van der Waals surface area contributed by atoms with Crippen LogP contribution in [0, 0.1) is 0 Å². The maximum Gasteiger partial charge on any atom is 0.221 e. The van der Waals surface area contributed by atoms with Crippen LogP contribution < -0.4 is 16.4 Å². The van der Waals surface area contributed by atoms with E-state index in [0.717, 1.165) is 6.42 Å². The first-order valence-corrected chi connectivity index (χ1v) is 4.67. The van der Waals surface area contributed by atoms with Gasteiger partial charge in [-0.05, 0) is 33.9 Å². The number of carbonyl (C=O) groups excluding carboxylic acids is 1. The van der Waals surface area contributed by atoms with E-state index in [2.05, 4.69) is 10.6 Å². The predicted molar refractivity (Wildman–Crippen MR) is 54.4 cm³/mol. The topological polar surface area (TPSA) is 67.2 Å². The van der Waals surface area contributed by atoms with E-state index in [0.29, 0.717) is 19.5 Å². The van der Waals surface area contributed by atoms with Crippen molar-refractivity contribution in [2.75, 3.05) is 20.1 Å². The van der Waals surface area contributed by atoms with Crippen LogP contribution in [0.4, 0.5) is 0 Å². The molecule has 4 heteroatoms. The minimum atomic E-state index is -0.132. The molecule has 0 aromatic carbocycles. The molecule has 0 aliphatic carbocycles. The molecule has 0 fully saturated rings. The normalized spacial score (nSPS) is 11.4. The molecule has 78 valence electrons. The molecule has 0 aliphatic heterocycles. The van der Waals surface area contributed by atoms with Gasteiger partial charge in [0.2, 0.25) is 5.91 Å². The number of hydrogen-bond acceptors (Lipinski definition) is 3. The maximum atomic E-state index is 11.3. The van der Waals surface area contributed by atoms with Crippen molar-refractivity contribution in [2.45, 2.75) is 32.2 Å². The highest BCUT2D eigenvalue weighted by molar-refractivity contribution is 5.77. The van der Waals surface area contributed by atoms with Gasteiger partial charge in [-0.15, -0.1) is 0 Å². The van der Waals surface area contributed by atoms with Crippen molar-refractivity contribution in [3.05, 3.63) is 0 Å². The van der Waals surface area contributed by atoms with Crippen molar-refractivity contribution < 1.29 is 4.79 Å². The van der Waals surface area contributed by atoms with Gasteiger partial charge in [-0.3, -0.25) is 4.79 Å². The summed E-state index contributed by atoms with van der Waals surface area (Å²) in [5.74, 6) is 0.0767. The summed E-state index contributed by atoms with van der Waals surface area (Å²) in [7, 11) is 1.85. The Morgan fingerprint density at radius 2 is 2.08 bits per heavy atom. The van der Waals surface area contributed by atoms with Crippen LogP contribution in [0.5, 0.6) is 0 Å². The van der Waals surface area contributed by atoms with Crippen LogP contribution in [0.1, 0.15) is 26.7 Å². The van der Waals surface area contributed by atoms with Crippen molar-refractivity contribution in [1.82, 2.24) is 10.6 Å². The Kier molecular flexibility index (Phi) is 5.66. The molecule has 0 aromatic heterocycles. The third kappa shape index (κ3) is 6.54. The Morgan fingerprint density at radius 1 is 1.46 bits per heavy atom. The minimum Gasteiger partial charge on any atom is -0.356 e. The van der Waals surface area contributed by atoms with E-state index in [1.807, 2.05) is 20.9 Å². The van der Waals surface area contributed by atoms with Crippen LogP contribution in [-0.4, -0.2) is 31.6 Å². The summed E-state index contributed by atoms with van der Waals surface area (Å²) >= 11 is 0. The Morgan fingerprint density at radius 3 is 2.54 bits per heavy atom. The highest BCUT2D eigenvalue weighted by Crippen LogP contribution is 2.06. The molecular weight excluding hydrogens is 166 g/mol. The van der Waals surface area contributed by atoms with Gasteiger partial charge in [-0.2, -0.15) is 0 Å². The number of amides is 1. The molecule has 0 unspecified atom stereocenters.